The van der Waals surface area contributed by atoms with Crippen molar-refractivity contribution in [2.75, 3.05) is 24.4 Å². The van der Waals surface area contributed by atoms with Gasteiger partial charge in [0.1, 0.15) is 23.5 Å². The van der Waals surface area contributed by atoms with Gasteiger partial charge in [-0.05, 0) is 36.8 Å². The van der Waals surface area contributed by atoms with E-state index in [0.29, 0.717) is 22.9 Å². The van der Waals surface area contributed by atoms with Gasteiger partial charge in [0.05, 0.1) is 19.9 Å². The molecule has 0 bridgehead atoms. The first-order valence-corrected chi connectivity index (χ1v) is 8.96. The van der Waals surface area contributed by atoms with Crippen molar-refractivity contribution in [1.29, 1.82) is 0 Å². The number of anilines is 2. The first-order chi connectivity index (χ1) is 13.6. The van der Waals surface area contributed by atoms with Gasteiger partial charge in [0.25, 0.3) is 5.91 Å². The third kappa shape index (κ3) is 3.03. The molecule has 0 aliphatic carbocycles. The Bertz CT molecular complexity index is 1020. The van der Waals surface area contributed by atoms with E-state index in [0.717, 1.165) is 16.8 Å². The number of fused-ring (bicyclic) bond motifs is 1. The number of carbonyl (C=O) groups excluding carboxylic acids is 1. The fourth-order valence-electron chi connectivity index (χ4n) is 3.36. The molecule has 2 heterocycles. The maximum absolute atomic E-state index is 13.1. The molecule has 0 radical (unpaired) electrons. The minimum Gasteiger partial charge on any atom is -0.497 e. The molecule has 1 N–H and O–H groups in total. The highest BCUT2D eigenvalue weighted by Crippen LogP contribution is 2.39. The van der Waals surface area contributed by atoms with Gasteiger partial charge in [0.2, 0.25) is 0 Å². The summed E-state index contributed by atoms with van der Waals surface area (Å²) in [5, 5.41) is 3.45. The summed E-state index contributed by atoms with van der Waals surface area (Å²) in [5.41, 5.74) is 3.35. The lowest BCUT2D eigenvalue weighted by molar-refractivity contribution is 0.0992. The number of aryl methyl sites for hydroxylation is 1. The fourth-order valence-corrected chi connectivity index (χ4v) is 3.36. The Morgan fingerprint density at radius 2 is 1.86 bits per heavy atom. The van der Waals surface area contributed by atoms with Gasteiger partial charge in [-0.1, -0.05) is 24.3 Å². The molecule has 142 valence electrons. The van der Waals surface area contributed by atoms with Gasteiger partial charge in [-0.2, -0.15) is 0 Å². The number of pyridine rings is 1. The van der Waals surface area contributed by atoms with Gasteiger partial charge < -0.3 is 14.8 Å². The summed E-state index contributed by atoms with van der Waals surface area (Å²) in [5.74, 6) is 1.84. The lowest BCUT2D eigenvalue weighted by Gasteiger charge is -2.27. The normalized spacial score (nSPS) is 15.3. The van der Waals surface area contributed by atoms with E-state index in [1.165, 1.54) is 0 Å². The number of carbonyl (C=O) groups is 1. The number of rotatable bonds is 5. The van der Waals surface area contributed by atoms with Crippen LogP contribution in [0.15, 0.2) is 60.8 Å². The Balaban J connectivity index is 1.78. The van der Waals surface area contributed by atoms with Crippen LogP contribution in [0.25, 0.3) is 0 Å². The quantitative estimate of drug-likeness (QED) is 0.725. The minimum atomic E-state index is -0.402. The molecule has 1 aliphatic heterocycles. The lowest BCUT2D eigenvalue weighted by atomic mass is 10.1. The molecule has 2 aromatic carbocycles. The Labute approximate surface area is 163 Å². The van der Waals surface area contributed by atoms with Crippen LogP contribution in [0.1, 0.15) is 27.7 Å². The number of methoxy groups -OCH3 is 2. The van der Waals surface area contributed by atoms with Crippen molar-refractivity contribution in [2.45, 2.75) is 13.1 Å². The predicted molar refractivity (Wildman–Crippen MR) is 108 cm³/mol. The van der Waals surface area contributed by atoms with Crippen LogP contribution >= 0.6 is 0 Å². The van der Waals surface area contributed by atoms with Crippen molar-refractivity contribution >= 4 is 17.4 Å². The molecule has 0 unspecified atom stereocenters. The molecule has 4 rings (SSSR count). The summed E-state index contributed by atoms with van der Waals surface area (Å²) < 4.78 is 10.8. The molecule has 0 saturated carbocycles. The van der Waals surface area contributed by atoms with Crippen molar-refractivity contribution < 1.29 is 14.3 Å². The number of benzene rings is 2. The number of ether oxygens (including phenoxy) is 2. The van der Waals surface area contributed by atoms with Crippen molar-refractivity contribution in [3.63, 3.8) is 0 Å². The molecule has 3 aromatic rings. The number of hydrogen-bond donors (Lipinski definition) is 1. The zero-order valence-corrected chi connectivity index (χ0v) is 16.0. The number of nitrogens with zero attached hydrogens (tertiary/aromatic N) is 2. The molecule has 28 heavy (non-hydrogen) atoms. The maximum Gasteiger partial charge on any atom is 0.261 e. The van der Waals surface area contributed by atoms with Crippen LogP contribution in [0.4, 0.5) is 11.5 Å². The van der Waals surface area contributed by atoms with E-state index in [9.17, 15) is 4.79 Å². The average Bonchev–Trinajstić information content (AvgIpc) is 3.01. The first kappa shape index (κ1) is 17.9. The second-order valence-corrected chi connectivity index (χ2v) is 6.57. The number of nitrogens with one attached hydrogen (secondary N) is 1. The Hall–Kier alpha value is -3.54. The van der Waals surface area contributed by atoms with Crippen molar-refractivity contribution in [3.05, 3.63) is 77.5 Å². The molecule has 1 aliphatic rings. The molecule has 1 amide bonds. The summed E-state index contributed by atoms with van der Waals surface area (Å²) in [4.78, 5) is 19.3. The van der Waals surface area contributed by atoms with Crippen LogP contribution in [0.2, 0.25) is 0 Å². The van der Waals surface area contributed by atoms with E-state index in [4.69, 9.17) is 9.47 Å². The molecule has 0 spiro atoms. The third-order valence-electron chi connectivity index (χ3n) is 4.81. The Kier molecular flexibility index (Phi) is 4.61. The van der Waals surface area contributed by atoms with Gasteiger partial charge in [-0.15, -0.1) is 0 Å². The largest absolute Gasteiger partial charge is 0.497 e. The Morgan fingerprint density at radius 1 is 1.04 bits per heavy atom. The number of hydrogen-bond acceptors (Lipinski definition) is 5. The van der Waals surface area contributed by atoms with E-state index in [1.807, 2.05) is 55.5 Å². The average molecular weight is 375 g/mol. The van der Waals surface area contributed by atoms with E-state index in [1.54, 1.807) is 31.4 Å². The molecule has 6 heteroatoms. The third-order valence-corrected chi connectivity index (χ3v) is 4.81. The van der Waals surface area contributed by atoms with Crippen LogP contribution in [0, 0.1) is 6.92 Å². The summed E-state index contributed by atoms with van der Waals surface area (Å²) in [6, 6.07) is 16.9. The highest BCUT2D eigenvalue weighted by atomic mass is 16.5. The summed E-state index contributed by atoms with van der Waals surface area (Å²) >= 11 is 0. The molecule has 6 nitrogen and oxygen atoms in total. The summed E-state index contributed by atoms with van der Waals surface area (Å²) in [6.07, 6.45) is 1.36. The van der Waals surface area contributed by atoms with Crippen LogP contribution in [0.3, 0.4) is 0 Å². The standard InChI is InChI=1S/C22H21N3O3/c1-14-8-11-20(23-13-14)25-21(16-6-4-5-7-17(16)22(25)26)24-18-10-9-15(27-2)12-19(18)28-3/h4-13,21,24H,1-3H3/t21-/m0/s1. The van der Waals surface area contributed by atoms with Crippen molar-refractivity contribution in [1.82, 2.24) is 4.98 Å². The molecular weight excluding hydrogens is 354 g/mol. The zero-order valence-electron chi connectivity index (χ0n) is 16.0. The Morgan fingerprint density at radius 3 is 2.57 bits per heavy atom. The van der Waals surface area contributed by atoms with Gasteiger partial charge >= 0.3 is 0 Å². The number of amides is 1. The van der Waals surface area contributed by atoms with Crippen LogP contribution in [-0.4, -0.2) is 25.1 Å². The molecule has 1 aromatic heterocycles. The van der Waals surface area contributed by atoms with Gasteiger partial charge in [0.15, 0.2) is 0 Å². The van der Waals surface area contributed by atoms with Crippen molar-refractivity contribution in [2.24, 2.45) is 0 Å². The van der Waals surface area contributed by atoms with Gasteiger partial charge in [-0.3, -0.25) is 9.69 Å². The van der Waals surface area contributed by atoms with Crippen LogP contribution < -0.4 is 19.7 Å². The lowest BCUT2D eigenvalue weighted by Crippen LogP contribution is -2.33. The monoisotopic (exact) mass is 375 g/mol. The van der Waals surface area contributed by atoms with E-state index in [2.05, 4.69) is 10.3 Å². The second-order valence-electron chi connectivity index (χ2n) is 6.57. The van der Waals surface area contributed by atoms with Gasteiger partial charge in [-0.25, -0.2) is 4.98 Å². The second kappa shape index (κ2) is 7.23. The molecule has 0 fully saturated rings. The number of aromatic nitrogens is 1. The first-order valence-electron chi connectivity index (χ1n) is 8.96. The summed E-state index contributed by atoms with van der Waals surface area (Å²) in [7, 11) is 3.21. The predicted octanol–water partition coefficient (Wildman–Crippen LogP) is 4.18. The SMILES string of the molecule is COc1ccc(N[C@@H]2c3ccccc3C(=O)N2c2ccc(C)cn2)c(OC)c1. The minimum absolute atomic E-state index is 0.0862. The highest BCUT2D eigenvalue weighted by molar-refractivity contribution is 6.11. The molecule has 0 saturated heterocycles. The van der Waals surface area contributed by atoms with Crippen LogP contribution in [0.5, 0.6) is 11.5 Å². The van der Waals surface area contributed by atoms with E-state index >= 15 is 0 Å². The zero-order chi connectivity index (χ0) is 19.7. The topological polar surface area (TPSA) is 63.7 Å². The molecule has 1 atom stereocenters. The summed E-state index contributed by atoms with van der Waals surface area (Å²) in [6.45, 7) is 1.97. The van der Waals surface area contributed by atoms with Crippen LogP contribution in [-0.2, 0) is 0 Å². The van der Waals surface area contributed by atoms with Crippen molar-refractivity contribution in [3.8, 4) is 11.5 Å². The highest BCUT2D eigenvalue weighted by Gasteiger charge is 2.38. The van der Waals surface area contributed by atoms with E-state index in [-0.39, 0.29) is 5.91 Å². The smallest absolute Gasteiger partial charge is 0.261 e. The molecular formula is C22H21N3O3. The van der Waals surface area contributed by atoms with Gasteiger partial charge in [0, 0.05) is 23.4 Å². The maximum atomic E-state index is 13.1. The fraction of sp³-hybridized carbons (Fsp3) is 0.182. The van der Waals surface area contributed by atoms with E-state index < -0.39 is 6.17 Å².